The lowest BCUT2D eigenvalue weighted by atomic mass is 10.2. The first-order chi connectivity index (χ1) is 13.6. The molecule has 9 nitrogen and oxygen atoms in total. The molecule has 1 amide bonds. The highest BCUT2D eigenvalue weighted by molar-refractivity contribution is 5.92. The third-order valence-corrected chi connectivity index (χ3v) is 4.80. The van der Waals surface area contributed by atoms with Crippen molar-refractivity contribution < 1.29 is 21.5 Å². The predicted octanol–water partition coefficient (Wildman–Crippen LogP) is 2.28. The third-order valence-electron chi connectivity index (χ3n) is 4.80. The zero-order valence-corrected chi connectivity index (χ0v) is 15.7. The number of carbonyl (C=O) groups excluding carboxylic acids is 1. The molecule has 0 aliphatic carbocycles. The summed E-state index contributed by atoms with van der Waals surface area (Å²) in [6.45, 7) is 2.30. The van der Waals surface area contributed by atoms with E-state index in [0.29, 0.717) is 66.1 Å². The lowest BCUT2D eigenvalue weighted by Crippen LogP contribution is -2.49. The smallest absolute Gasteiger partial charge is 0.289 e. The monoisotopic (exact) mass is 387 g/mol. The van der Waals surface area contributed by atoms with Gasteiger partial charge in [-0.1, -0.05) is 0 Å². The van der Waals surface area contributed by atoms with E-state index in [1.807, 2.05) is 4.90 Å². The normalized spacial score (nSPS) is 14.4. The summed E-state index contributed by atoms with van der Waals surface area (Å²) in [5, 5.41) is 0.702. The molecule has 2 aromatic heterocycles. The molecular weight excluding hydrogens is 362 g/mol. The van der Waals surface area contributed by atoms with Crippen LogP contribution in [0.25, 0.3) is 10.9 Å². The highest BCUT2D eigenvalue weighted by Gasteiger charge is 2.25. The van der Waals surface area contributed by atoms with Crippen molar-refractivity contribution in [3.63, 3.8) is 0 Å². The minimum atomic E-state index is -0.111. The van der Waals surface area contributed by atoms with Crippen LogP contribution in [-0.4, -0.2) is 61.2 Å². The predicted molar refractivity (Wildman–Crippen MR) is 108 cm³/mol. The number of nitrogens with zero attached hydrogens (tertiary/aromatic N) is 4. The van der Waals surface area contributed by atoms with Crippen LogP contribution in [0, 0.1) is 0 Å². The number of nitrogen functional groups attached to an aromatic ring is 1. The fraction of sp³-hybridized carbons (Fsp3) is 0.316. The van der Waals surface area contributed by atoms with E-state index in [4.69, 9.17) is 19.6 Å². The van der Waals surface area contributed by atoms with Gasteiger partial charge in [0.2, 0.25) is 5.95 Å². The average molecular weight is 387 g/mol. The molecule has 2 N–H and O–H groups in total. The van der Waals surface area contributed by atoms with Crippen molar-refractivity contribution in [2.75, 3.05) is 51.0 Å². The fourth-order valence-electron chi connectivity index (χ4n) is 3.27. The minimum Gasteiger partial charge on any atom is -0.493 e. The summed E-state index contributed by atoms with van der Waals surface area (Å²) in [5.74, 6) is 2.29. The summed E-state index contributed by atoms with van der Waals surface area (Å²) in [4.78, 5) is 25.3. The molecule has 9 heteroatoms. The van der Waals surface area contributed by atoms with Crippen LogP contribution in [0.4, 0.5) is 11.8 Å². The minimum absolute atomic E-state index is 0. The molecule has 1 aliphatic heterocycles. The molecule has 0 atom stereocenters. The second kappa shape index (κ2) is 7.26. The largest absolute Gasteiger partial charge is 0.493 e. The number of ether oxygens (including phenoxy) is 2. The zero-order valence-electron chi connectivity index (χ0n) is 15.7. The van der Waals surface area contributed by atoms with Crippen molar-refractivity contribution in [3.05, 3.63) is 36.3 Å². The van der Waals surface area contributed by atoms with Crippen molar-refractivity contribution in [3.8, 4) is 11.5 Å². The number of anilines is 2. The van der Waals surface area contributed by atoms with Gasteiger partial charge in [0.25, 0.3) is 5.91 Å². The zero-order chi connectivity index (χ0) is 19.7. The van der Waals surface area contributed by atoms with E-state index in [1.54, 1.807) is 43.4 Å². The Balaban J connectivity index is 0.00000160. The first kappa shape index (κ1) is 17.9. The van der Waals surface area contributed by atoms with E-state index in [9.17, 15) is 4.79 Å². The van der Waals surface area contributed by atoms with Gasteiger partial charge in [-0.15, -0.1) is 0 Å². The maximum atomic E-state index is 12.4. The van der Waals surface area contributed by atoms with Gasteiger partial charge >= 0.3 is 0 Å². The number of aromatic nitrogens is 2. The van der Waals surface area contributed by atoms with Gasteiger partial charge in [-0.2, -0.15) is 4.98 Å². The molecule has 0 unspecified atom stereocenters. The highest BCUT2D eigenvalue weighted by atomic mass is 16.5. The maximum Gasteiger partial charge on any atom is 0.289 e. The van der Waals surface area contributed by atoms with Crippen molar-refractivity contribution in [1.29, 1.82) is 0 Å². The Labute approximate surface area is 164 Å². The van der Waals surface area contributed by atoms with Crippen LogP contribution < -0.4 is 20.1 Å². The van der Waals surface area contributed by atoms with E-state index in [1.165, 1.54) is 6.26 Å². The second-order valence-electron chi connectivity index (χ2n) is 6.39. The first-order valence-electron chi connectivity index (χ1n) is 8.87. The van der Waals surface area contributed by atoms with Crippen LogP contribution in [0.2, 0.25) is 0 Å². The number of fused-ring (bicyclic) bond motifs is 1. The maximum absolute atomic E-state index is 12.4. The lowest BCUT2D eigenvalue weighted by Gasteiger charge is -2.34. The second-order valence-corrected chi connectivity index (χ2v) is 6.39. The Bertz CT molecular complexity index is 1010. The van der Waals surface area contributed by atoms with Gasteiger partial charge in [0.15, 0.2) is 17.3 Å². The number of hydrogen-bond donors (Lipinski definition) is 1. The molecule has 1 saturated heterocycles. The quantitative estimate of drug-likeness (QED) is 0.726. The molecule has 0 saturated carbocycles. The van der Waals surface area contributed by atoms with Crippen molar-refractivity contribution in [1.82, 2.24) is 14.9 Å². The molecule has 1 fully saturated rings. The van der Waals surface area contributed by atoms with Crippen molar-refractivity contribution in [2.24, 2.45) is 0 Å². The van der Waals surface area contributed by atoms with Gasteiger partial charge in [-0.25, -0.2) is 4.98 Å². The SMILES string of the molecule is COc1cc2nc(N3CCN(C(=O)c4ccco4)CC3)nc(N)c2cc1OC.[HH].[HH]. The number of nitrogens with two attached hydrogens (primary N) is 1. The van der Waals surface area contributed by atoms with Crippen molar-refractivity contribution >= 4 is 28.6 Å². The summed E-state index contributed by atoms with van der Waals surface area (Å²) in [7, 11) is 3.14. The average Bonchev–Trinajstić information content (AvgIpc) is 3.27. The first-order valence-corrected chi connectivity index (χ1v) is 8.87. The lowest BCUT2D eigenvalue weighted by molar-refractivity contribution is 0.0714. The molecule has 1 aromatic carbocycles. The van der Waals surface area contributed by atoms with Gasteiger partial charge in [-0.3, -0.25) is 4.79 Å². The molecule has 28 heavy (non-hydrogen) atoms. The van der Waals surface area contributed by atoms with E-state index in [-0.39, 0.29) is 8.76 Å². The number of rotatable bonds is 4. The van der Waals surface area contributed by atoms with Crippen LogP contribution in [0.15, 0.2) is 34.9 Å². The van der Waals surface area contributed by atoms with E-state index < -0.39 is 0 Å². The Morgan fingerprint density at radius 3 is 2.50 bits per heavy atom. The van der Waals surface area contributed by atoms with Crippen LogP contribution in [0.3, 0.4) is 0 Å². The van der Waals surface area contributed by atoms with Crippen molar-refractivity contribution in [2.45, 2.75) is 0 Å². The number of benzene rings is 1. The van der Waals surface area contributed by atoms with Gasteiger partial charge in [0.1, 0.15) is 5.82 Å². The molecular formula is C19H25N5O4. The number of carbonyl (C=O) groups is 1. The molecule has 3 heterocycles. The molecule has 150 valence electrons. The molecule has 3 aromatic rings. The number of methoxy groups -OCH3 is 2. The molecule has 0 radical (unpaired) electrons. The van der Waals surface area contributed by atoms with E-state index in [2.05, 4.69) is 9.97 Å². The van der Waals surface area contributed by atoms with E-state index >= 15 is 0 Å². The van der Waals surface area contributed by atoms with Crippen LogP contribution in [-0.2, 0) is 0 Å². The summed E-state index contributed by atoms with van der Waals surface area (Å²) in [6.07, 6.45) is 1.50. The molecule has 1 aliphatic rings. The molecule has 0 spiro atoms. The standard InChI is InChI=1S/C19H21N5O4.2H2/c1-26-15-10-12-13(11-16(15)27-2)21-19(22-17(12)20)24-7-5-23(6-8-24)18(25)14-4-3-9-28-14;;/h3-4,9-11H,5-8H2,1-2H3,(H2,20,21,22);2*1H. The van der Waals surface area contributed by atoms with Crippen LogP contribution in [0.5, 0.6) is 11.5 Å². The summed E-state index contributed by atoms with van der Waals surface area (Å²) in [5.41, 5.74) is 6.84. The Hall–Kier alpha value is -3.49. The Morgan fingerprint density at radius 1 is 1.14 bits per heavy atom. The highest BCUT2D eigenvalue weighted by Crippen LogP contribution is 2.34. The third kappa shape index (κ3) is 3.15. The fourth-order valence-corrected chi connectivity index (χ4v) is 3.27. The number of furan rings is 1. The van der Waals surface area contributed by atoms with Gasteiger partial charge in [-0.05, 0) is 18.2 Å². The number of amides is 1. The van der Waals surface area contributed by atoms with Gasteiger partial charge in [0.05, 0.1) is 26.0 Å². The topological polar surface area (TPSA) is 107 Å². The summed E-state index contributed by atoms with van der Waals surface area (Å²) in [6, 6.07) is 6.93. The van der Waals surface area contributed by atoms with Crippen LogP contribution in [0.1, 0.15) is 13.4 Å². The number of piperazine rings is 1. The summed E-state index contributed by atoms with van der Waals surface area (Å²) < 4.78 is 15.9. The van der Waals surface area contributed by atoms with Gasteiger partial charge in [0, 0.05) is 40.5 Å². The molecule has 4 rings (SSSR count). The van der Waals surface area contributed by atoms with E-state index in [0.717, 1.165) is 0 Å². The molecule has 0 bridgehead atoms. The Kier molecular flexibility index (Phi) is 4.64. The number of hydrogen-bond acceptors (Lipinski definition) is 8. The summed E-state index contributed by atoms with van der Waals surface area (Å²) >= 11 is 0. The Morgan fingerprint density at radius 2 is 1.86 bits per heavy atom. The van der Waals surface area contributed by atoms with Gasteiger partial charge < -0.3 is 29.4 Å². The van der Waals surface area contributed by atoms with Crippen LogP contribution >= 0.6 is 0 Å².